The van der Waals surface area contributed by atoms with Crippen LogP contribution in [0.2, 0.25) is 0 Å². The maximum Gasteiger partial charge on any atom is 0.303 e. The Morgan fingerprint density at radius 1 is 1.09 bits per heavy atom. The smallest absolute Gasteiger partial charge is 0.303 e. The summed E-state index contributed by atoms with van der Waals surface area (Å²) in [5.74, 6) is 0.0325. The normalized spacial score (nSPS) is 11.7. The van der Waals surface area contributed by atoms with E-state index in [2.05, 4.69) is 4.98 Å². The number of carboxylic acids is 1. The van der Waals surface area contributed by atoms with Crippen molar-refractivity contribution in [1.29, 1.82) is 0 Å². The van der Waals surface area contributed by atoms with Gasteiger partial charge in [-0.3, -0.25) is 9.36 Å². The Labute approximate surface area is 190 Å². The van der Waals surface area contributed by atoms with Crippen LogP contribution in [0.3, 0.4) is 0 Å². The highest BCUT2D eigenvalue weighted by Gasteiger charge is 2.16. The van der Waals surface area contributed by atoms with Gasteiger partial charge in [-0.15, -0.1) is 11.3 Å². The van der Waals surface area contributed by atoms with Gasteiger partial charge in [0.05, 0.1) is 22.7 Å². The third kappa shape index (κ3) is 4.84. The lowest BCUT2D eigenvalue weighted by Gasteiger charge is -2.13. The summed E-state index contributed by atoms with van der Waals surface area (Å²) in [7, 11) is -3.12. The zero-order chi connectivity index (χ0) is 22.9. The van der Waals surface area contributed by atoms with Crippen molar-refractivity contribution < 1.29 is 18.3 Å². The zero-order valence-electron chi connectivity index (χ0n) is 17.7. The highest BCUT2D eigenvalue weighted by Crippen LogP contribution is 2.34. The number of aromatic nitrogens is 3. The summed E-state index contributed by atoms with van der Waals surface area (Å²) in [5.41, 5.74) is 3.41. The number of carbonyl (C=O) groups is 1. The second-order valence-electron chi connectivity index (χ2n) is 7.66. The van der Waals surface area contributed by atoms with E-state index in [-0.39, 0.29) is 12.2 Å². The lowest BCUT2D eigenvalue weighted by Crippen LogP contribution is -2.06. The van der Waals surface area contributed by atoms with E-state index in [1.54, 1.807) is 29.7 Å². The first-order valence-corrected chi connectivity index (χ1v) is 12.9. The van der Waals surface area contributed by atoms with Crippen LogP contribution in [0.5, 0.6) is 0 Å². The van der Waals surface area contributed by atoms with Crippen LogP contribution in [-0.4, -0.2) is 39.9 Å². The Bertz CT molecular complexity index is 1360. The molecule has 7 nitrogen and oxygen atoms in total. The fraction of sp³-hybridized carbons (Fsp3) is 0.217. The first kappa shape index (κ1) is 22.0. The van der Waals surface area contributed by atoms with Crippen LogP contribution in [0.25, 0.3) is 21.3 Å². The minimum atomic E-state index is -3.12. The van der Waals surface area contributed by atoms with Crippen LogP contribution in [0.1, 0.15) is 23.5 Å². The third-order valence-electron chi connectivity index (χ3n) is 5.09. The van der Waals surface area contributed by atoms with Crippen LogP contribution in [0.4, 0.5) is 0 Å². The molecule has 4 aromatic rings. The predicted molar refractivity (Wildman–Crippen MR) is 125 cm³/mol. The van der Waals surface area contributed by atoms with Crippen molar-refractivity contribution in [2.24, 2.45) is 0 Å². The Kier molecular flexibility index (Phi) is 6.03. The molecule has 0 unspecified atom stereocenters. The molecule has 0 aliphatic carbocycles. The largest absolute Gasteiger partial charge is 0.481 e. The Balaban J connectivity index is 1.75. The van der Waals surface area contributed by atoms with Crippen LogP contribution < -0.4 is 0 Å². The molecule has 166 valence electrons. The summed E-state index contributed by atoms with van der Waals surface area (Å²) >= 11 is 1.62. The number of nitrogens with zero attached hydrogens (tertiary/aromatic N) is 3. The molecule has 1 N–H and O–H groups in total. The molecule has 0 amide bonds. The molecule has 3 aromatic heterocycles. The summed E-state index contributed by atoms with van der Waals surface area (Å²) < 4.78 is 27.3. The van der Waals surface area contributed by atoms with Gasteiger partial charge < -0.3 is 9.67 Å². The number of imidazole rings is 1. The standard InChI is InChI=1S/C23H23N3O4S2/c1-16-24-13-14-25(16)22-11-10-21(31-22)20-9-7-19(8-12-23(27)28)26(20)18-5-3-17(4-6-18)15-32(2,29)30/h3-7,9-11,13-14H,8,12,15H2,1-2H3,(H,27,28). The minimum Gasteiger partial charge on any atom is -0.481 e. The average Bonchev–Trinajstić information content (AvgIpc) is 3.44. The van der Waals surface area contributed by atoms with Crippen LogP contribution in [0.15, 0.2) is 60.9 Å². The van der Waals surface area contributed by atoms with Crippen molar-refractivity contribution >= 4 is 27.1 Å². The summed E-state index contributed by atoms with van der Waals surface area (Å²) in [6.45, 7) is 1.95. The van der Waals surface area contributed by atoms with E-state index in [1.165, 1.54) is 6.26 Å². The summed E-state index contributed by atoms with van der Waals surface area (Å²) in [6.07, 6.45) is 5.31. The third-order valence-corrected chi connectivity index (χ3v) is 7.05. The molecule has 0 spiro atoms. The Morgan fingerprint density at radius 3 is 2.47 bits per heavy atom. The molecule has 32 heavy (non-hydrogen) atoms. The van der Waals surface area contributed by atoms with Gasteiger partial charge in [-0.1, -0.05) is 12.1 Å². The monoisotopic (exact) mass is 469 g/mol. The fourth-order valence-electron chi connectivity index (χ4n) is 3.66. The number of hydrogen-bond donors (Lipinski definition) is 1. The quantitative estimate of drug-likeness (QED) is 0.416. The molecule has 0 aliphatic rings. The summed E-state index contributed by atoms with van der Waals surface area (Å²) in [4.78, 5) is 16.5. The maximum atomic E-state index is 11.6. The van der Waals surface area contributed by atoms with Crippen LogP contribution >= 0.6 is 11.3 Å². The van der Waals surface area contributed by atoms with Crippen molar-refractivity contribution in [3.63, 3.8) is 0 Å². The number of benzene rings is 1. The molecule has 0 atom stereocenters. The average molecular weight is 470 g/mol. The predicted octanol–water partition coefficient (Wildman–Crippen LogP) is 4.26. The molecule has 1 aromatic carbocycles. The first-order chi connectivity index (χ1) is 15.2. The number of hydrogen-bond acceptors (Lipinski definition) is 5. The Hall–Kier alpha value is -3.17. The van der Waals surface area contributed by atoms with Gasteiger partial charge in [0.15, 0.2) is 9.84 Å². The number of carboxylic acid groups (broad SMARTS) is 1. The van der Waals surface area contributed by atoms with E-state index in [0.29, 0.717) is 12.0 Å². The van der Waals surface area contributed by atoms with E-state index in [1.807, 2.05) is 58.7 Å². The molecule has 3 heterocycles. The van der Waals surface area contributed by atoms with Crippen molar-refractivity contribution in [1.82, 2.24) is 14.1 Å². The molecular formula is C23H23N3O4S2. The molecule has 0 fully saturated rings. The highest BCUT2D eigenvalue weighted by molar-refractivity contribution is 7.89. The van der Waals surface area contributed by atoms with E-state index in [9.17, 15) is 13.2 Å². The minimum absolute atomic E-state index is 0.0176. The van der Waals surface area contributed by atoms with Gasteiger partial charge in [0.25, 0.3) is 0 Å². The van der Waals surface area contributed by atoms with Crippen LogP contribution in [-0.2, 0) is 26.8 Å². The molecule has 0 saturated carbocycles. The molecule has 9 heteroatoms. The van der Waals surface area contributed by atoms with Gasteiger partial charge in [0, 0.05) is 30.0 Å². The first-order valence-electron chi connectivity index (χ1n) is 10.0. The van der Waals surface area contributed by atoms with Crippen molar-refractivity contribution in [3.8, 4) is 21.3 Å². The van der Waals surface area contributed by atoms with Gasteiger partial charge in [0.2, 0.25) is 0 Å². The fourth-order valence-corrected chi connectivity index (χ4v) is 5.51. The summed E-state index contributed by atoms with van der Waals surface area (Å²) in [6, 6.07) is 15.4. The number of rotatable bonds is 8. The number of aliphatic carboxylic acids is 1. The number of aryl methyl sites for hydroxylation is 2. The van der Waals surface area contributed by atoms with E-state index in [4.69, 9.17) is 5.11 Å². The second-order valence-corrected chi connectivity index (χ2v) is 10.9. The lowest BCUT2D eigenvalue weighted by molar-refractivity contribution is -0.136. The Morgan fingerprint density at radius 2 is 1.84 bits per heavy atom. The molecular weight excluding hydrogens is 446 g/mol. The topological polar surface area (TPSA) is 94.2 Å². The highest BCUT2D eigenvalue weighted by atomic mass is 32.2. The van der Waals surface area contributed by atoms with Crippen molar-refractivity contribution in [2.75, 3.05) is 6.26 Å². The van der Waals surface area contributed by atoms with Crippen molar-refractivity contribution in [2.45, 2.75) is 25.5 Å². The van der Waals surface area contributed by atoms with Gasteiger partial charge >= 0.3 is 5.97 Å². The molecule has 4 rings (SSSR count). The molecule has 0 radical (unpaired) electrons. The van der Waals surface area contributed by atoms with Gasteiger partial charge in [-0.25, -0.2) is 13.4 Å². The number of thiophene rings is 1. The zero-order valence-corrected chi connectivity index (χ0v) is 19.4. The van der Waals surface area contributed by atoms with Gasteiger partial charge in [-0.05, 0) is 55.3 Å². The summed E-state index contributed by atoms with van der Waals surface area (Å²) in [5, 5.41) is 10.2. The SMILES string of the molecule is Cc1nccn1-c1ccc(-c2ccc(CCC(=O)O)n2-c2ccc(CS(C)(=O)=O)cc2)s1. The van der Waals surface area contributed by atoms with E-state index in [0.717, 1.165) is 32.8 Å². The molecule has 0 saturated heterocycles. The van der Waals surface area contributed by atoms with Gasteiger partial charge in [-0.2, -0.15) is 0 Å². The van der Waals surface area contributed by atoms with Gasteiger partial charge in [0.1, 0.15) is 10.8 Å². The molecule has 0 bridgehead atoms. The van der Waals surface area contributed by atoms with Crippen molar-refractivity contribution in [3.05, 3.63) is 78.0 Å². The molecule has 0 aliphatic heterocycles. The lowest BCUT2D eigenvalue weighted by atomic mass is 10.2. The van der Waals surface area contributed by atoms with E-state index < -0.39 is 15.8 Å². The second kappa shape index (κ2) is 8.76. The van der Waals surface area contributed by atoms with Crippen LogP contribution in [0, 0.1) is 6.92 Å². The number of sulfone groups is 1. The van der Waals surface area contributed by atoms with E-state index >= 15 is 0 Å². The maximum absolute atomic E-state index is 11.6.